The van der Waals surface area contributed by atoms with E-state index >= 15 is 0 Å². The molecule has 1 heterocycles. The highest BCUT2D eigenvalue weighted by atomic mass is 32.2. The Labute approximate surface area is 88.6 Å². The molecular formula is C8H17N5S. The van der Waals surface area contributed by atoms with Crippen molar-refractivity contribution in [2.75, 3.05) is 19.3 Å². The molecule has 0 aromatic carbocycles. The number of thioether (sulfide) groups is 1. The summed E-state index contributed by atoms with van der Waals surface area (Å²) in [6, 6.07) is 0. The van der Waals surface area contributed by atoms with E-state index < -0.39 is 0 Å². The molecule has 6 heteroatoms. The minimum Gasteiger partial charge on any atom is -0.318 e. The third kappa shape index (κ3) is 3.63. The Morgan fingerprint density at radius 3 is 3.07 bits per heavy atom. The first-order valence-corrected chi connectivity index (χ1v) is 5.90. The van der Waals surface area contributed by atoms with Gasteiger partial charge in [0.25, 0.3) is 0 Å². The van der Waals surface area contributed by atoms with Crippen LogP contribution in [0.5, 0.6) is 0 Å². The lowest BCUT2D eigenvalue weighted by atomic mass is 10.4. The van der Waals surface area contributed by atoms with E-state index in [0.29, 0.717) is 0 Å². The summed E-state index contributed by atoms with van der Waals surface area (Å²) in [5.74, 6) is 1.09. The van der Waals surface area contributed by atoms with Gasteiger partial charge in [-0.1, -0.05) is 25.1 Å². The zero-order valence-corrected chi connectivity index (χ0v) is 9.55. The molecular weight excluding hydrogens is 198 g/mol. The molecule has 0 atom stereocenters. The summed E-state index contributed by atoms with van der Waals surface area (Å²) in [7, 11) is 1.92. The largest absolute Gasteiger partial charge is 0.318 e. The third-order valence-corrected chi connectivity index (χ3v) is 2.85. The molecule has 0 bridgehead atoms. The lowest BCUT2D eigenvalue weighted by molar-refractivity contribution is 0.530. The standard InChI is InChI=1S/C8H17N5S/c1-3-4-7-14-8-10-11-12-13(8)6-5-9-2/h9H,3-7H2,1-2H3. The third-order valence-electron chi connectivity index (χ3n) is 1.80. The van der Waals surface area contributed by atoms with Crippen LogP contribution >= 0.6 is 11.8 Å². The highest BCUT2D eigenvalue weighted by Crippen LogP contribution is 2.14. The number of hydrogen-bond donors (Lipinski definition) is 1. The molecule has 1 N–H and O–H groups in total. The van der Waals surface area contributed by atoms with Gasteiger partial charge in [0.1, 0.15) is 0 Å². The van der Waals surface area contributed by atoms with Crippen molar-refractivity contribution in [3.05, 3.63) is 0 Å². The summed E-state index contributed by atoms with van der Waals surface area (Å²) >= 11 is 1.73. The number of tetrazole rings is 1. The number of rotatable bonds is 7. The molecule has 0 saturated carbocycles. The van der Waals surface area contributed by atoms with Gasteiger partial charge < -0.3 is 5.32 Å². The van der Waals surface area contributed by atoms with Crippen molar-refractivity contribution in [3.8, 4) is 0 Å². The number of hydrogen-bond acceptors (Lipinski definition) is 5. The Balaban J connectivity index is 2.37. The maximum absolute atomic E-state index is 3.98. The van der Waals surface area contributed by atoms with Gasteiger partial charge in [0.2, 0.25) is 5.16 Å². The summed E-state index contributed by atoms with van der Waals surface area (Å²) in [4.78, 5) is 0. The van der Waals surface area contributed by atoms with Gasteiger partial charge >= 0.3 is 0 Å². The van der Waals surface area contributed by atoms with Crippen molar-refractivity contribution in [1.82, 2.24) is 25.5 Å². The molecule has 0 aliphatic carbocycles. The molecule has 0 unspecified atom stereocenters. The molecule has 0 amide bonds. The predicted molar refractivity (Wildman–Crippen MR) is 57.4 cm³/mol. The minimum absolute atomic E-state index is 0.831. The molecule has 0 fully saturated rings. The molecule has 5 nitrogen and oxygen atoms in total. The van der Waals surface area contributed by atoms with E-state index in [1.807, 2.05) is 11.7 Å². The van der Waals surface area contributed by atoms with Gasteiger partial charge in [-0.15, -0.1) is 5.10 Å². The second-order valence-electron chi connectivity index (χ2n) is 2.99. The van der Waals surface area contributed by atoms with Gasteiger partial charge in [0.15, 0.2) is 0 Å². The van der Waals surface area contributed by atoms with Crippen LogP contribution in [-0.2, 0) is 6.54 Å². The predicted octanol–water partition coefficient (Wildman–Crippen LogP) is 0.785. The van der Waals surface area contributed by atoms with Crippen LogP contribution in [0.3, 0.4) is 0 Å². The Hall–Kier alpha value is -0.620. The molecule has 1 aromatic heterocycles. The van der Waals surface area contributed by atoms with Crippen LogP contribution in [0.25, 0.3) is 0 Å². The second-order valence-corrected chi connectivity index (χ2v) is 4.05. The molecule has 80 valence electrons. The second kappa shape index (κ2) is 6.78. The molecule has 14 heavy (non-hydrogen) atoms. The summed E-state index contributed by atoms with van der Waals surface area (Å²) in [5, 5.41) is 15.6. The number of unbranched alkanes of at least 4 members (excludes halogenated alkanes) is 1. The van der Waals surface area contributed by atoms with E-state index in [0.717, 1.165) is 24.0 Å². The smallest absolute Gasteiger partial charge is 0.209 e. The maximum Gasteiger partial charge on any atom is 0.209 e. The fourth-order valence-corrected chi connectivity index (χ4v) is 1.95. The van der Waals surface area contributed by atoms with E-state index in [9.17, 15) is 0 Å². The molecule has 0 spiro atoms. The summed E-state index contributed by atoms with van der Waals surface area (Å²) in [5.41, 5.74) is 0. The van der Waals surface area contributed by atoms with Crippen molar-refractivity contribution in [1.29, 1.82) is 0 Å². The highest BCUT2D eigenvalue weighted by Gasteiger charge is 2.04. The molecule has 0 saturated heterocycles. The maximum atomic E-state index is 3.98. The van der Waals surface area contributed by atoms with Crippen LogP contribution in [0.15, 0.2) is 5.16 Å². The van der Waals surface area contributed by atoms with Gasteiger partial charge in [0, 0.05) is 12.3 Å². The fourth-order valence-electron chi connectivity index (χ4n) is 0.966. The monoisotopic (exact) mass is 215 g/mol. The lowest BCUT2D eigenvalue weighted by Gasteiger charge is -2.02. The lowest BCUT2D eigenvalue weighted by Crippen LogP contribution is -2.16. The number of nitrogens with one attached hydrogen (secondary N) is 1. The Kier molecular flexibility index (Phi) is 5.55. The van der Waals surface area contributed by atoms with Crippen LogP contribution in [0.1, 0.15) is 19.8 Å². The Bertz CT molecular complexity index is 250. The quantitative estimate of drug-likeness (QED) is 0.538. The number of nitrogens with zero attached hydrogens (tertiary/aromatic N) is 4. The first-order chi connectivity index (χ1) is 6.88. The Morgan fingerprint density at radius 2 is 2.36 bits per heavy atom. The SMILES string of the molecule is CCCCSc1nnnn1CCNC. The fraction of sp³-hybridized carbons (Fsp3) is 0.875. The zero-order chi connectivity index (χ0) is 10.2. The van der Waals surface area contributed by atoms with Crippen LogP contribution in [0, 0.1) is 0 Å². The van der Waals surface area contributed by atoms with Crippen molar-refractivity contribution in [2.45, 2.75) is 31.5 Å². The van der Waals surface area contributed by atoms with Crippen molar-refractivity contribution >= 4 is 11.8 Å². The van der Waals surface area contributed by atoms with Crippen LogP contribution in [-0.4, -0.2) is 39.6 Å². The van der Waals surface area contributed by atoms with Gasteiger partial charge in [-0.05, 0) is 23.9 Å². The molecule has 0 aliphatic rings. The van der Waals surface area contributed by atoms with E-state index in [1.165, 1.54) is 12.8 Å². The van der Waals surface area contributed by atoms with Gasteiger partial charge in [-0.25, -0.2) is 4.68 Å². The van der Waals surface area contributed by atoms with Crippen molar-refractivity contribution in [3.63, 3.8) is 0 Å². The number of aromatic nitrogens is 4. The van der Waals surface area contributed by atoms with Crippen molar-refractivity contribution < 1.29 is 0 Å². The molecule has 0 radical (unpaired) electrons. The highest BCUT2D eigenvalue weighted by molar-refractivity contribution is 7.99. The Morgan fingerprint density at radius 1 is 1.50 bits per heavy atom. The van der Waals surface area contributed by atoms with E-state index in [1.54, 1.807) is 11.8 Å². The van der Waals surface area contributed by atoms with E-state index in [2.05, 4.69) is 27.8 Å². The van der Waals surface area contributed by atoms with E-state index in [-0.39, 0.29) is 0 Å². The van der Waals surface area contributed by atoms with Crippen molar-refractivity contribution in [2.24, 2.45) is 0 Å². The topological polar surface area (TPSA) is 55.6 Å². The van der Waals surface area contributed by atoms with Gasteiger partial charge in [-0.2, -0.15) is 0 Å². The van der Waals surface area contributed by atoms with Crippen LogP contribution in [0.2, 0.25) is 0 Å². The summed E-state index contributed by atoms with van der Waals surface area (Å²) in [6.07, 6.45) is 2.43. The first-order valence-electron chi connectivity index (χ1n) is 4.92. The summed E-state index contributed by atoms with van der Waals surface area (Å²) < 4.78 is 1.84. The first kappa shape index (κ1) is 11.5. The molecule has 1 rings (SSSR count). The van der Waals surface area contributed by atoms with Gasteiger partial charge in [-0.3, -0.25) is 0 Å². The molecule has 0 aliphatic heterocycles. The summed E-state index contributed by atoms with van der Waals surface area (Å²) in [6.45, 7) is 3.91. The van der Waals surface area contributed by atoms with E-state index in [4.69, 9.17) is 0 Å². The number of likely N-dealkylation sites (N-methyl/N-ethyl adjacent to an activating group) is 1. The zero-order valence-electron chi connectivity index (χ0n) is 8.73. The van der Waals surface area contributed by atoms with Gasteiger partial charge in [0.05, 0.1) is 6.54 Å². The molecule has 1 aromatic rings. The van der Waals surface area contributed by atoms with Crippen LogP contribution < -0.4 is 5.32 Å². The average molecular weight is 215 g/mol. The average Bonchev–Trinajstić information content (AvgIpc) is 2.63. The normalized spacial score (nSPS) is 10.7. The van der Waals surface area contributed by atoms with Crippen LogP contribution in [0.4, 0.5) is 0 Å². The minimum atomic E-state index is 0.831.